The van der Waals surface area contributed by atoms with Gasteiger partial charge in [0.25, 0.3) is 0 Å². The number of hydrogen-bond acceptors (Lipinski definition) is 5. The van der Waals surface area contributed by atoms with Crippen LogP contribution in [-0.4, -0.2) is 36.1 Å². The molecule has 3 rings (SSSR count). The van der Waals surface area contributed by atoms with Crippen molar-refractivity contribution >= 4 is 21.6 Å². The van der Waals surface area contributed by atoms with E-state index in [-0.39, 0.29) is 0 Å². The average molecular weight is 305 g/mol. The fourth-order valence-electron chi connectivity index (χ4n) is 2.98. The lowest BCUT2D eigenvalue weighted by Gasteiger charge is -2.33. The van der Waals surface area contributed by atoms with Crippen LogP contribution in [0.5, 0.6) is 5.75 Å². The Balaban J connectivity index is 1.65. The molecule has 2 N–H and O–H groups in total. The van der Waals surface area contributed by atoms with Crippen LogP contribution in [-0.2, 0) is 6.54 Å². The van der Waals surface area contributed by atoms with Crippen molar-refractivity contribution < 1.29 is 4.74 Å². The average Bonchev–Trinajstić information content (AvgIpc) is 2.88. The summed E-state index contributed by atoms with van der Waals surface area (Å²) >= 11 is 1.77. The molecule has 0 aliphatic carbocycles. The standard InChI is InChI=1S/C16H23N3OS/c1-11(17)12-5-7-19(8-6-12)10-16-18-14-4-3-13(20-2)9-15(14)21-16/h3-4,9,11-12H,5-8,10,17H2,1-2H3. The second kappa shape index (κ2) is 6.30. The van der Waals surface area contributed by atoms with E-state index < -0.39 is 0 Å². The third-order valence-corrected chi connectivity index (χ3v) is 5.38. The molecule has 1 atom stereocenters. The fourth-order valence-corrected chi connectivity index (χ4v) is 4.01. The van der Waals surface area contributed by atoms with E-state index in [0.717, 1.165) is 30.9 Å². The van der Waals surface area contributed by atoms with Gasteiger partial charge in [0.05, 0.1) is 23.9 Å². The minimum absolute atomic E-state index is 0.321. The Bertz CT molecular complexity index is 603. The van der Waals surface area contributed by atoms with E-state index in [0.29, 0.717) is 12.0 Å². The van der Waals surface area contributed by atoms with Crippen molar-refractivity contribution in [1.82, 2.24) is 9.88 Å². The van der Waals surface area contributed by atoms with Gasteiger partial charge in [-0.15, -0.1) is 11.3 Å². The minimum atomic E-state index is 0.321. The summed E-state index contributed by atoms with van der Waals surface area (Å²) in [6, 6.07) is 6.40. The van der Waals surface area contributed by atoms with Crippen molar-refractivity contribution in [2.75, 3.05) is 20.2 Å². The molecule has 1 saturated heterocycles. The van der Waals surface area contributed by atoms with Gasteiger partial charge in [0, 0.05) is 6.04 Å². The first-order chi connectivity index (χ1) is 10.2. The maximum atomic E-state index is 6.00. The summed E-state index contributed by atoms with van der Waals surface area (Å²) in [6.07, 6.45) is 2.41. The third kappa shape index (κ3) is 3.36. The molecule has 1 aliphatic heterocycles. The second-order valence-corrected chi connectivity index (χ2v) is 7.03. The SMILES string of the molecule is COc1ccc2nc(CN3CCC(C(C)N)CC3)sc2c1. The molecule has 21 heavy (non-hydrogen) atoms. The number of fused-ring (bicyclic) bond motifs is 1. The van der Waals surface area contributed by atoms with Crippen molar-refractivity contribution in [1.29, 1.82) is 0 Å². The maximum absolute atomic E-state index is 6.00. The number of benzene rings is 1. The Morgan fingerprint density at radius 3 is 2.86 bits per heavy atom. The number of nitrogens with zero attached hydrogens (tertiary/aromatic N) is 2. The van der Waals surface area contributed by atoms with Crippen LogP contribution in [0.2, 0.25) is 0 Å². The van der Waals surface area contributed by atoms with Gasteiger partial charge in [-0.05, 0) is 57.0 Å². The quantitative estimate of drug-likeness (QED) is 0.943. The van der Waals surface area contributed by atoms with Gasteiger partial charge >= 0.3 is 0 Å². The summed E-state index contributed by atoms with van der Waals surface area (Å²) < 4.78 is 6.48. The van der Waals surface area contributed by atoms with Crippen LogP contribution in [0, 0.1) is 5.92 Å². The van der Waals surface area contributed by atoms with E-state index >= 15 is 0 Å². The summed E-state index contributed by atoms with van der Waals surface area (Å²) in [6.45, 7) is 5.34. The lowest BCUT2D eigenvalue weighted by atomic mass is 9.91. The van der Waals surface area contributed by atoms with Gasteiger partial charge in [0.15, 0.2) is 0 Å². The summed E-state index contributed by atoms with van der Waals surface area (Å²) in [4.78, 5) is 7.23. The Morgan fingerprint density at radius 1 is 1.43 bits per heavy atom. The Labute approximate surface area is 129 Å². The highest BCUT2D eigenvalue weighted by Crippen LogP contribution is 2.28. The topological polar surface area (TPSA) is 51.4 Å². The van der Waals surface area contributed by atoms with Crippen molar-refractivity contribution in [2.24, 2.45) is 11.7 Å². The van der Waals surface area contributed by atoms with E-state index in [1.807, 2.05) is 12.1 Å². The van der Waals surface area contributed by atoms with Gasteiger partial charge in [0.1, 0.15) is 10.8 Å². The van der Waals surface area contributed by atoms with Crippen LogP contribution in [0.15, 0.2) is 18.2 Å². The zero-order valence-corrected chi connectivity index (χ0v) is 13.5. The molecule has 2 heterocycles. The van der Waals surface area contributed by atoms with E-state index in [1.165, 1.54) is 22.5 Å². The van der Waals surface area contributed by atoms with Gasteiger partial charge in [0.2, 0.25) is 0 Å². The molecule has 1 fully saturated rings. The fraction of sp³-hybridized carbons (Fsp3) is 0.562. The van der Waals surface area contributed by atoms with E-state index in [4.69, 9.17) is 15.5 Å². The largest absolute Gasteiger partial charge is 0.497 e. The Hall–Kier alpha value is -1.17. The van der Waals surface area contributed by atoms with E-state index in [2.05, 4.69) is 17.9 Å². The van der Waals surface area contributed by atoms with Crippen LogP contribution in [0.3, 0.4) is 0 Å². The molecule has 114 valence electrons. The zero-order chi connectivity index (χ0) is 14.8. The first-order valence-corrected chi connectivity index (χ1v) is 8.39. The van der Waals surface area contributed by atoms with Crippen LogP contribution in [0.4, 0.5) is 0 Å². The molecule has 0 spiro atoms. The maximum Gasteiger partial charge on any atom is 0.120 e. The zero-order valence-electron chi connectivity index (χ0n) is 12.7. The second-order valence-electron chi connectivity index (χ2n) is 5.91. The van der Waals surface area contributed by atoms with E-state index in [1.54, 1.807) is 18.4 Å². The predicted octanol–water partition coefficient (Wildman–Crippen LogP) is 2.86. The Morgan fingerprint density at radius 2 is 2.19 bits per heavy atom. The lowest BCUT2D eigenvalue weighted by molar-refractivity contribution is 0.165. The molecule has 1 aromatic carbocycles. The summed E-state index contributed by atoms with van der Waals surface area (Å²) in [5.41, 5.74) is 7.07. The summed E-state index contributed by atoms with van der Waals surface area (Å²) in [5.74, 6) is 1.58. The van der Waals surface area contributed by atoms with Crippen molar-refractivity contribution in [2.45, 2.75) is 32.4 Å². The molecule has 0 saturated carbocycles. The van der Waals surface area contributed by atoms with Gasteiger partial charge in [-0.1, -0.05) is 0 Å². The molecule has 0 bridgehead atoms. The van der Waals surface area contributed by atoms with Crippen LogP contribution < -0.4 is 10.5 Å². The molecule has 1 aromatic heterocycles. The highest BCUT2D eigenvalue weighted by Gasteiger charge is 2.22. The Kier molecular flexibility index (Phi) is 4.42. The highest BCUT2D eigenvalue weighted by molar-refractivity contribution is 7.18. The number of likely N-dealkylation sites (tertiary alicyclic amines) is 1. The van der Waals surface area contributed by atoms with Gasteiger partial charge in [-0.2, -0.15) is 0 Å². The first-order valence-electron chi connectivity index (χ1n) is 7.57. The number of rotatable bonds is 4. The summed E-state index contributed by atoms with van der Waals surface area (Å²) in [5, 5.41) is 1.19. The molecule has 1 aliphatic rings. The number of ether oxygens (including phenoxy) is 1. The minimum Gasteiger partial charge on any atom is -0.497 e. The number of piperidine rings is 1. The van der Waals surface area contributed by atoms with E-state index in [9.17, 15) is 0 Å². The molecule has 4 nitrogen and oxygen atoms in total. The normalized spacial score (nSPS) is 19.0. The molecule has 0 amide bonds. The number of methoxy groups -OCH3 is 1. The summed E-state index contributed by atoms with van der Waals surface area (Å²) in [7, 11) is 1.70. The molecule has 1 unspecified atom stereocenters. The van der Waals surface area contributed by atoms with Crippen molar-refractivity contribution in [3.8, 4) is 5.75 Å². The molecular weight excluding hydrogens is 282 g/mol. The molecule has 0 radical (unpaired) electrons. The number of nitrogens with two attached hydrogens (primary N) is 1. The monoisotopic (exact) mass is 305 g/mol. The number of aromatic nitrogens is 1. The van der Waals surface area contributed by atoms with Crippen LogP contribution >= 0.6 is 11.3 Å². The van der Waals surface area contributed by atoms with Gasteiger partial charge < -0.3 is 10.5 Å². The smallest absolute Gasteiger partial charge is 0.120 e. The van der Waals surface area contributed by atoms with Gasteiger partial charge in [-0.25, -0.2) is 4.98 Å². The molecular formula is C16H23N3OS. The molecule has 5 heteroatoms. The lowest BCUT2D eigenvalue weighted by Crippen LogP contribution is -2.39. The molecule has 2 aromatic rings. The predicted molar refractivity (Wildman–Crippen MR) is 87.8 cm³/mol. The number of hydrogen-bond donors (Lipinski definition) is 1. The van der Waals surface area contributed by atoms with Gasteiger partial charge in [-0.3, -0.25) is 4.90 Å². The van der Waals surface area contributed by atoms with Crippen LogP contribution in [0.1, 0.15) is 24.8 Å². The highest BCUT2D eigenvalue weighted by atomic mass is 32.1. The first kappa shape index (κ1) is 14.8. The number of thiazole rings is 1. The van der Waals surface area contributed by atoms with Crippen molar-refractivity contribution in [3.63, 3.8) is 0 Å². The third-order valence-electron chi connectivity index (χ3n) is 4.37. The van der Waals surface area contributed by atoms with Crippen LogP contribution in [0.25, 0.3) is 10.2 Å². The van der Waals surface area contributed by atoms with Crippen molar-refractivity contribution in [3.05, 3.63) is 23.2 Å².